The lowest BCUT2D eigenvalue weighted by molar-refractivity contribution is 0.588. The third-order valence-corrected chi connectivity index (χ3v) is 4.97. The van der Waals surface area contributed by atoms with Crippen LogP contribution in [0.2, 0.25) is 0 Å². The Morgan fingerprint density at radius 3 is 2.33 bits per heavy atom. The van der Waals surface area contributed by atoms with Gasteiger partial charge in [-0.05, 0) is 37.3 Å². The highest BCUT2D eigenvalue weighted by Gasteiger charge is 2.20. The lowest BCUT2D eigenvalue weighted by Crippen LogP contribution is -2.13. The van der Waals surface area contributed by atoms with Gasteiger partial charge in [-0.3, -0.25) is 4.68 Å². The average molecular weight is 301 g/mol. The Morgan fingerprint density at radius 2 is 1.71 bits per heavy atom. The standard InChI is InChI=1S/C15H15N3O2S/c1-12-5-7-13(8-6-12)21(19,20)18-10-3-4-15(18)14-9-11-17(2)16-14/h3-11H,1-2H3. The van der Waals surface area contributed by atoms with Crippen molar-refractivity contribution in [2.75, 3.05) is 0 Å². The fourth-order valence-electron chi connectivity index (χ4n) is 2.15. The molecule has 3 aromatic rings. The van der Waals surface area contributed by atoms with Crippen molar-refractivity contribution < 1.29 is 8.42 Å². The van der Waals surface area contributed by atoms with E-state index in [1.165, 1.54) is 3.97 Å². The van der Waals surface area contributed by atoms with Crippen molar-refractivity contribution in [3.05, 3.63) is 60.4 Å². The molecule has 0 aliphatic rings. The summed E-state index contributed by atoms with van der Waals surface area (Å²) in [5.41, 5.74) is 2.20. The molecule has 0 unspecified atom stereocenters. The first kappa shape index (κ1) is 13.6. The van der Waals surface area contributed by atoms with Crippen LogP contribution < -0.4 is 0 Å². The van der Waals surface area contributed by atoms with Gasteiger partial charge in [-0.25, -0.2) is 12.4 Å². The van der Waals surface area contributed by atoms with Crippen molar-refractivity contribution in [1.29, 1.82) is 0 Å². The van der Waals surface area contributed by atoms with Crippen LogP contribution in [0.1, 0.15) is 5.56 Å². The van der Waals surface area contributed by atoms with Crippen molar-refractivity contribution >= 4 is 10.0 Å². The first-order valence-electron chi connectivity index (χ1n) is 6.48. The first-order chi connectivity index (χ1) is 9.98. The zero-order valence-corrected chi connectivity index (χ0v) is 12.6. The van der Waals surface area contributed by atoms with E-state index < -0.39 is 10.0 Å². The molecule has 0 fully saturated rings. The Hall–Kier alpha value is -2.34. The van der Waals surface area contributed by atoms with E-state index in [1.807, 2.05) is 6.92 Å². The number of hydrogen-bond donors (Lipinski definition) is 0. The van der Waals surface area contributed by atoms with Crippen molar-refractivity contribution in [2.45, 2.75) is 11.8 Å². The van der Waals surface area contributed by atoms with E-state index in [9.17, 15) is 8.42 Å². The monoisotopic (exact) mass is 301 g/mol. The van der Waals surface area contributed by atoms with Crippen LogP contribution >= 0.6 is 0 Å². The van der Waals surface area contributed by atoms with E-state index in [2.05, 4.69) is 5.10 Å². The Balaban J connectivity index is 2.13. The van der Waals surface area contributed by atoms with Gasteiger partial charge in [0, 0.05) is 19.4 Å². The number of aryl methyl sites for hydroxylation is 2. The van der Waals surface area contributed by atoms with Gasteiger partial charge in [-0.2, -0.15) is 5.10 Å². The zero-order chi connectivity index (χ0) is 15.0. The second-order valence-corrected chi connectivity index (χ2v) is 6.70. The summed E-state index contributed by atoms with van der Waals surface area (Å²) in [7, 11) is -1.82. The maximum Gasteiger partial charge on any atom is 0.268 e. The number of nitrogens with zero attached hydrogens (tertiary/aromatic N) is 3. The second kappa shape index (κ2) is 4.89. The minimum absolute atomic E-state index is 0.265. The van der Waals surface area contributed by atoms with Gasteiger partial charge in [0.05, 0.1) is 10.6 Å². The van der Waals surface area contributed by atoms with Gasteiger partial charge in [0.15, 0.2) is 0 Å². The molecule has 0 amide bonds. The van der Waals surface area contributed by atoms with E-state index in [0.29, 0.717) is 11.4 Å². The van der Waals surface area contributed by atoms with Gasteiger partial charge >= 0.3 is 0 Å². The van der Waals surface area contributed by atoms with E-state index in [0.717, 1.165) is 5.56 Å². The summed E-state index contributed by atoms with van der Waals surface area (Å²) in [5.74, 6) is 0. The molecule has 0 spiro atoms. The predicted octanol–water partition coefficient (Wildman–Crippen LogP) is 2.43. The molecule has 5 nitrogen and oxygen atoms in total. The largest absolute Gasteiger partial charge is 0.275 e. The number of rotatable bonds is 3. The van der Waals surface area contributed by atoms with Crippen LogP contribution in [0.5, 0.6) is 0 Å². The molecule has 1 aromatic carbocycles. The van der Waals surface area contributed by atoms with Crippen LogP contribution in [0, 0.1) is 6.92 Å². The van der Waals surface area contributed by atoms with E-state index in [-0.39, 0.29) is 4.90 Å². The molecule has 0 aliphatic heterocycles. The molecular weight excluding hydrogens is 286 g/mol. The fraction of sp³-hybridized carbons (Fsp3) is 0.133. The number of hydrogen-bond acceptors (Lipinski definition) is 3. The summed E-state index contributed by atoms with van der Waals surface area (Å²) in [6.07, 6.45) is 3.32. The molecule has 0 saturated heterocycles. The summed E-state index contributed by atoms with van der Waals surface area (Å²) in [6, 6.07) is 12.0. The average Bonchev–Trinajstić information content (AvgIpc) is 3.07. The molecule has 0 saturated carbocycles. The van der Waals surface area contributed by atoms with Gasteiger partial charge in [0.1, 0.15) is 5.69 Å². The molecule has 0 radical (unpaired) electrons. The van der Waals surface area contributed by atoms with E-state index in [1.54, 1.807) is 66.6 Å². The normalized spacial score (nSPS) is 11.7. The third kappa shape index (κ3) is 2.38. The van der Waals surface area contributed by atoms with Crippen molar-refractivity contribution in [1.82, 2.24) is 13.8 Å². The summed E-state index contributed by atoms with van der Waals surface area (Å²) < 4.78 is 28.4. The highest BCUT2D eigenvalue weighted by molar-refractivity contribution is 7.90. The molecule has 6 heteroatoms. The molecular formula is C15H15N3O2S. The minimum atomic E-state index is -3.61. The summed E-state index contributed by atoms with van der Waals surface area (Å²) in [4.78, 5) is 0.265. The summed E-state index contributed by atoms with van der Waals surface area (Å²) in [6.45, 7) is 1.92. The molecule has 0 atom stereocenters. The molecule has 21 heavy (non-hydrogen) atoms. The fourth-order valence-corrected chi connectivity index (χ4v) is 3.50. The smallest absolute Gasteiger partial charge is 0.268 e. The second-order valence-electron chi connectivity index (χ2n) is 4.88. The van der Waals surface area contributed by atoms with Crippen LogP contribution in [0.3, 0.4) is 0 Å². The van der Waals surface area contributed by atoms with Crippen LogP contribution in [0.25, 0.3) is 11.4 Å². The Bertz CT molecular complexity index is 874. The molecule has 0 N–H and O–H groups in total. The van der Waals surface area contributed by atoms with E-state index >= 15 is 0 Å². The molecule has 2 heterocycles. The highest BCUT2D eigenvalue weighted by Crippen LogP contribution is 2.23. The Labute approximate surface area is 123 Å². The van der Waals surface area contributed by atoms with Gasteiger partial charge in [0.2, 0.25) is 0 Å². The lowest BCUT2D eigenvalue weighted by Gasteiger charge is -2.09. The maximum atomic E-state index is 12.7. The maximum absolute atomic E-state index is 12.7. The molecule has 0 bridgehead atoms. The molecule has 108 valence electrons. The zero-order valence-electron chi connectivity index (χ0n) is 11.8. The van der Waals surface area contributed by atoms with Crippen LogP contribution in [0.15, 0.2) is 59.8 Å². The van der Waals surface area contributed by atoms with Gasteiger partial charge < -0.3 is 0 Å². The minimum Gasteiger partial charge on any atom is -0.275 e. The van der Waals surface area contributed by atoms with Crippen LogP contribution in [-0.4, -0.2) is 22.2 Å². The van der Waals surface area contributed by atoms with Crippen LogP contribution in [0.4, 0.5) is 0 Å². The van der Waals surface area contributed by atoms with Crippen LogP contribution in [-0.2, 0) is 17.1 Å². The van der Waals surface area contributed by atoms with Gasteiger partial charge in [0.25, 0.3) is 10.0 Å². The quantitative estimate of drug-likeness (QED) is 0.746. The molecule has 0 aliphatic carbocycles. The Kier molecular flexibility index (Phi) is 3.17. The van der Waals surface area contributed by atoms with Crippen molar-refractivity contribution in [3.63, 3.8) is 0 Å². The van der Waals surface area contributed by atoms with Gasteiger partial charge in [-0.1, -0.05) is 17.7 Å². The third-order valence-electron chi connectivity index (χ3n) is 3.27. The Morgan fingerprint density at radius 1 is 1.00 bits per heavy atom. The topological polar surface area (TPSA) is 56.9 Å². The molecule has 3 rings (SSSR count). The van der Waals surface area contributed by atoms with E-state index in [4.69, 9.17) is 0 Å². The van der Waals surface area contributed by atoms with Gasteiger partial charge in [-0.15, -0.1) is 0 Å². The highest BCUT2D eigenvalue weighted by atomic mass is 32.2. The first-order valence-corrected chi connectivity index (χ1v) is 7.92. The summed E-state index contributed by atoms with van der Waals surface area (Å²) in [5, 5.41) is 4.27. The molecule has 2 aromatic heterocycles. The van der Waals surface area contributed by atoms with Crippen molar-refractivity contribution in [2.24, 2.45) is 7.05 Å². The number of benzene rings is 1. The van der Waals surface area contributed by atoms with Crippen molar-refractivity contribution in [3.8, 4) is 11.4 Å². The predicted molar refractivity (Wildman–Crippen MR) is 80.4 cm³/mol. The lowest BCUT2D eigenvalue weighted by atomic mass is 10.2. The summed E-state index contributed by atoms with van der Waals surface area (Å²) >= 11 is 0. The SMILES string of the molecule is Cc1ccc(S(=O)(=O)n2cccc2-c2ccn(C)n2)cc1. The number of aromatic nitrogens is 3.